The molecule has 238 valence electrons. The largest absolute Gasteiger partial charge is 0.493 e. The van der Waals surface area contributed by atoms with E-state index in [0.717, 1.165) is 19.1 Å². The van der Waals surface area contributed by atoms with Gasteiger partial charge in [0.25, 0.3) is 5.91 Å². The second-order valence-corrected chi connectivity index (χ2v) is 10.1. The van der Waals surface area contributed by atoms with E-state index in [0.29, 0.717) is 0 Å². The summed E-state index contributed by atoms with van der Waals surface area (Å²) >= 11 is 0. The van der Waals surface area contributed by atoms with Crippen molar-refractivity contribution in [3.8, 4) is 11.5 Å². The number of esters is 4. The molecule has 0 radical (unpaired) electrons. The summed E-state index contributed by atoms with van der Waals surface area (Å²) in [7, 11) is 1.27. The molecule has 0 spiro atoms. The van der Waals surface area contributed by atoms with Crippen LogP contribution < -0.4 is 14.8 Å². The van der Waals surface area contributed by atoms with E-state index in [4.69, 9.17) is 23.7 Å². The predicted molar refractivity (Wildman–Crippen MR) is 143 cm³/mol. The SMILES string of the molecule is COc1ccnc(C(=O)N[C@H]2COC(=O)[C@H](Cc3ccc(C(F)(F)F)cc3)[C@@H](OC(=O)C(C)C)[C@H](C)OC2=O)c1OC(C)=O. The molecule has 12 nitrogen and oxygen atoms in total. The lowest BCUT2D eigenvalue weighted by molar-refractivity contribution is -0.176. The first-order valence-electron chi connectivity index (χ1n) is 13.4. The average molecular weight is 625 g/mol. The number of benzene rings is 1. The van der Waals surface area contributed by atoms with Crippen LogP contribution in [0.2, 0.25) is 0 Å². The molecule has 1 aliphatic heterocycles. The minimum Gasteiger partial charge on any atom is -0.493 e. The molecule has 3 rings (SSSR count). The second kappa shape index (κ2) is 14.2. The highest BCUT2D eigenvalue weighted by Gasteiger charge is 2.42. The molecule has 0 saturated carbocycles. The molecule has 0 unspecified atom stereocenters. The topological polar surface area (TPSA) is 156 Å². The second-order valence-electron chi connectivity index (χ2n) is 10.1. The molecule has 1 aromatic carbocycles. The van der Waals surface area contributed by atoms with Gasteiger partial charge in [-0.05, 0) is 31.0 Å². The van der Waals surface area contributed by atoms with Gasteiger partial charge in [-0.3, -0.25) is 19.2 Å². The van der Waals surface area contributed by atoms with Crippen molar-refractivity contribution in [2.45, 2.75) is 58.5 Å². The highest BCUT2D eigenvalue weighted by Crippen LogP contribution is 2.31. The quantitative estimate of drug-likeness (QED) is 0.340. The minimum atomic E-state index is -4.58. The Morgan fingerprint density at radius 2 is 1.75 bits per heavy atom. The van der Waals surface area contributed by atoms with E-state index in [2.05, 4.69) is 10.3 Å². The van der Waals surface area contributed by atoms with Crippen LogP contribution in [-0.2, 0) is 46.0 Å². The maximum atomic E-state index is 13.4. The van der Waals surface area contributed by atoms with E-state index in [1.165, 1.54) is 38.4 Å². The summed E-state index contributed by atoms with van der Waals surface area (Å²) in [5.74, 6) is -6.80. The first kappa shape index (κ1) is 33.8. The Labute approximate surface area is 250 Å². The number of amides is 1. The van der Waals surface area contributed by atoms with E-state index in [-0.39, 0.29) is 23.5 Å². The highest BCUT2D eigenvalue weighted by atomic mass is 19.4. The molecule has 1 aliphatic rings. The normalized spacial score (nSPS) is 20.8. The Bertz CT molecular complexity index is 1390. The number of methoxy groups -OCH3 is 1. The standard InChI is InChI=1S/C29H31F3N2O10/c1-14(2)26(37)44-23-15(3)42-28(39)20(34-25(36)22-24(43-16(4)35)21(40-5)10-11-33-22)13-41-27(38)19(23)12-17-6-8-18(9-7-17)29(30,31)32/h6-11,14-15,19-20,23H,12-13H2,1-5H3,(H,34,36)/t15-,19+,20-,23-/m0/s1. The zero-order chi connectivity index (χ0) is 32.8. The molecular weight excluding hydrogens is 593 g/mol. The first-order valence-corrected chi connectivity index (χ1v) is 13.4. The van der Waals surface area contributed by atoms with Gasteiger partial charge < -0.3 is 29.0 Å². The van der Waals surface area contributed by atoms with Gasteiger partial charge >= 0.3 is 30.1 Å². The van der Waals surface area contributed by atoms with Crippen molar-refractivity contribution in [3.63, 3.8) is 0 Å². The third kappa shape index (κ3) is 8.45. The number of carbonyl (C=O) groups excluding carboxylic acids is 5. The van der Waals surface area contributed by atoms with Crippen molar-refractivity contribution in [2.24, 2.45) is 11.8 Å². The lowest BCUT2D eigenvalue weighted by atomic mass is 9.90. The van der Waals surface area contributed by atoms with E-state index in [1.807, 2.05) is 0 Å². The number of halogens is 3. The van der Waals surface area contributed by atoms with Crippen LogP contribution in [0.25, 0.3) is 0 Å². The minimum absolute atomic E-state index is 0.00152. The Hall–Kier alpha value is -4.69. The molecule has 1 fully saturated rings. The Morgan fingerprint density at radius 1 is 1.09 bits per heavy atom. The van der Waals surface area contributed by atoms with Crippen LogP contribution in [0.5, 0.6) is 11.5 Å². The molecule has 1 saturated heterocycles. The molecule has 0 aliphatic carbocycles. The van der Waals surface area contributed by atoms with E-state index >= 15 is 0 Å². The van der Waals surface area contributed by atoms with Gasteiger partial charge in [0, 0.05) is 19.2 Å². The Morgan fingerprint density at radius 3 is 2.32 bits per heavy atom. The molecular formula is C29H31F3N2O10. The number of nitrogens with zero attached hydrogens (tertiary/aromatic N) is 1. The Kier molecular flexibility index (Phi) is 10.9. The van der Waals surface area contributed by atoms with Gasteiger partial charge in [-0.25, -0.2) is 9.78 Å². The fraction of sp³-hybridized carbons (Fsp3) is 0.448. The van der Waals surface area contributed by atoms with Gasteiger partial charge in [-0.1, -0.05) is 26.0 Å². The lowest BCUT2D eigenvalue weighted by Crippen LogP contribution is -2.47. The molecule has 4 atom stereocenters. The number of pyridine rings is 1. The molecule has 2 aromatic rings. The third-order valence-electron chi connectivity index (χ3n) is 6.46. The van der Waals surface area contributed by atoms with Crippen molar-refractivity contribution in [3.05, 3.63) is 53.3 Å². The highest BCUT2D eigenvalue weighted by molar-refractivity contribution is 5.99. The van der Waals surface area contributed by atoms with E-state index in [1.54, 1.807) is 13.8 Å². The smallest absolute Gasteiger partial charge is 0.416 e. The van der Waals surface area contributed by atoms with Crippen LogP contribution >= 0.6 is 0 Å². The Balaban J connectivity index is 1.91. The van der Waals surface area contributed by atoms with Crippen molar-refractivity contribution in [1.82, 2.24) is 10.3 Å². The number of carbonyl (C=O) groups is 5. The number of alkyl halides is 3. The summed E-state index contributed by atoms with van der Waals surface area (Å²) in [6.45, 7) is 4.81. The van der Waals surface area contributed by atoms with Crippen LogP contribution in [0.4, 0.5) is 13.2 Å². The molecule has 2 heterocycles. The van der Waals surface area contributed by atoms with Crippen LogP contribution in [-0.4, -0.2) is 66.7 Å². The number of cyclic esters (lactones) is 2. The summed E-state index contributed by atoms with van der Waals surface area (Å²) in [4.78, 5) is 67.7. The average Bonchev–Trinajstić information content (AvgIpc) is 2.98. The van der Waals surface area contributed by atoms with Crippen LogP contribution in [0.3, 0.4) is 0 Å². The van der Waals surface area contributed by atoms with Crippen molar-refractivity contribution in [2.75, 3.05) is 13.7 Å². The molecule has 1 aromatic heterocycles. The maximum Gasteiger partial charge on any atom is 0.416 e. The summed E-state index contributed by atoms with van der Waals surface area (Å²) in [6, 6.07) is 3.78. The molecule has 15 heteroatoms. The lowest BCUT2D eigenvalue weighted by Gasteiger charge is -2.29. The number of hydrogen-bond donors (Lipinski definition) is 1. The number of hydrogen-bond acceptors (Lipinski definition) is 11. The van der Waals surface area contributed by atoms with Crippen LogP contribution in [0, 0.1) is 11.8 Å². The molecule has 1 N–H and O–H groups in total. The molecule has 0 bridgehead atoms. The van der Waals surface area contributed by atoms with Crippen LogP contribution in [0.15, 0.2) is 36.5 Å². The van der Waals surface area contributed by atoms with Gasteiger partial charge in [0.2, 0.25) is 5.75 Å². The number of rotatable bonds is 8. The fourth-order valence-electron chi connectivity index (χ4n) is 4.19. The number of nitrogens with one attached hydrogen (secondary N) is 1. The number of aromatic nitrogens is 1. The van der Waals surface area contributed by atoms with E-state index in [9.17, 15) is 37.1 Å². The first-order chi connectivity index (χ1) is 20.6. The summed E-state index contributed by atoms with van der Waals surface area (Å²) in [6.07, 6.45) is -6.27. The van der Waals surface area contributed by atoms with Crippen molar-refractivity contribution < 1.29 is 60.8 Å². The van der Waals surface area contributed by atoms with Gasteiger partial charge in [-0.15, -0.1) is 0 Å². The van der Waals surface area contributed by atoms with E-state index < -0.39 is 83.9 Å². The monoisotopic (exact) mass is 624 g/mol. The zero-order valence-corrected chi connectivity index (χ0v) is 24.4. The molecule has 1 amide bonds. The van der Waals surface area contributed by atoms with Gasteiger partial charge in [0.05, 0.1) is 18.6 Å². The summed E-state index contributed by atoms with van der Waals surface area (Å²) in [5, 5.41) is 2.33. The van der Waals surface area contributed by atoms with Crippen molar-refractivity contribution >= 4 is 29.8 Å². The maximum absolute atomic E-state index is 13.4. The fourth-order valence-corrected chi connectivity index (χ4v) is 4.19. The van der Waals surface area contributed by atoms with Crippen molar-refractivity contribution in [1.29, 1.82) is 0 Å². The summed E-state index contributed by atoms with van der Waals surface area (Å²) in [5.41, 5.74) is -1.03. The zero-order valence-electron chi connectivity index (χ0n) is 24.4. The third-order valence-corrected chi connectivity index (χ3v) is 6.46. The number of ether oxygens (including phenoxy) is 5. The molecule has 44 heavy (non-hydrogen) atoms. The van der Waals surface area contributed by atoms with Crippen LogP contribution in [0.1, 0.15) is 49.3 Å². The van der Waals surface area contributed by atoms with Gasteiger partial charge in [-0.2, -0.15) is 13.2 Å². The summed E-state index contributed by atoms with van der Waals surface area (Å²) < 4.78 is 65.8. The van der Waals surface area contributed by atoms with Gasteiger partial charge in [0.15, 0.2) is 23.6 Å². The predicted octanol–water partition coefficient (Wildman–Crippen LogP) is 3.05. The van der Waals surface area contributed by atoms with Gasteiger partial charge in [0.1, 0.15) is 18.6 Å².